The van der Waals surface area contributed by atoms with Crippen molar-refractivity contribution in [3.63, 3.8) is 0 Å². The summed E-state index contributed by atoms with van der Waals surface area (Å²) in [6.45, 7) is 2.86. The van der Waals surface area contributed by atoms with Gasteiger partial charge in [0.25, 0.3) is 0 Å². The Labute approximate surface area is 135 Å². The molecule has 0 amide bonds. The van der Waals surface area contributed by atoms with E-state index in [9.17, 15) is 4.79 Å². The van der Waals surface area contributed by atoms with Crippen LogP contribution in [-0.4, -0.2) is 25.3 Å². The summed E-state index contributed by atoms with van der Waals surface area (Å²) in [7, 11) is 0. The van der Waals surface area contributed by atoms with E-state index >= 15 is 0 Å². The molecule has 0 saturated carbocycles. The van der Waals surface area contributed by atoms with Gasteiger partial charge in [0.05, 0.1) is 18.4 Å². The molecule has 23 heavy (non-hydrogen) atoms. The second-order valence-electron chi connectivity index (χ2n) is 5.34. The smallest absolute Gasteiger partial charge is 0.342 e. The molecule has 0 aliphatic carbocycles. The summed E-state index contributed by atoms with van der Waals surface area (Å²) in [4.78, 5) is 12.2. The van der Waals surface area contributed by atoms with E-state index in [-0.39, 0.29) is 6.10 Å². The van der Waals surface area contributed by atoms with Gasteiger partial charge < -0.3 is 14.2 Å². The summed E-state index contributed by atoms with van der Waals surface area (Å²) in [6.07, 6.45) is 1.59. The maximum Gasteiger partial charge on any atom is 0.342 e. The Morgan fingerprint density at radius 2 is 1.87 bits per heavy atom. The van der Waals surface area contributed by atoms with Crippen LogP contribution in [0.4, 0.5) is 0 Å². The highest BCUT2D eigenvalue weighted by Gasteiger charge is 2.22. The molecule has 0 radical (unpaired) electrons. The first kappa shape index (κ1) is 15.3. The fraction of sp³-hybridized carbons (Fsp3) is 0.211. The molecule has 2 aromatic carbocycles. The molecule has 1 aliphatic heterocycles. The maximum atomic E-state index is 12.2. The zero-order valence-electron chi connectivity index (χ0n) is 12.9. The molecule has 1 atom stereocenters. The summed E-state index contributed by atoms with van der Waals surface area (Å²) in [6, 6.07) is 17.3. The molecular formula is C19H18O4. The first-order valence-electron chi connectivity index (χ1n) is 7.50. The molecule has 0 spiro atoms. The number of hydrogen-bond donors (Lipinski definition) is 0. The summed E-state index contributed by atoms with van der Waals surface area (Å²) >= 11 is 0. The first-order valence-corrected chi connectivity index (χ1v) is 7.50. The predicted octanol–water partition coefficient (Wildman–Crippen LogP) is 3.58. The van der Waals surface area contributed by atoms with Gasteiger partial charge in [-0.25, -0.2) is 4.79 Å². The van der Waals surface area contributed by atoms with Crippen LogP contribution in [-0.2, 0) is 14.3 Å². The van der Waals surface area contributed by atoms with Crippen LogP contribution in [0.2, 0.25) is 0 Å². The van der Waals surface area contributed by atoms with Crippen molar-refractivity contribution in [2.24, 2.45) is 0 Å². The van der Waals surface area contributed by atoms with Crippen molar-refractivity contribution in [1.82, 2.24) is 0 Å². The number of epoxide rings is 1. The van der Waals surface area contributed by atoms with Crippen LogP contribution in [0, 0.1) is 0 Å². The van der Waals surface area contributed by atoms with Crippen molar-refractivity contribution in [3.8, 4) is 16.9 Å². The van der Waals surface area contributed by atoms with Gasteiger partial charge in [0.15, 0.2) is 0 Å². The summed E-state index contributed by atoms with van der Waals surface area (Å²) in [5, 5.41) is 0. The number of rotatable bonds is 6. The highest BCUT2D eigenvalue weighted by molar-refractivity contribution is 5.90. The Kier molecular flexibility index (Phi) is 4.74. The fourth-order valence-electron chi connectivity index (χ4n) is 2.09. The summed E-state index contributed by atoms with van der Waals surface area (Å²) < 4.78 is 15.9. The van der Waals surface area contributed by atoms with Crippen molar-refractivity contribution in [3.05, 3.63) is 66.4 Å². The third-order valence-electron chi connectivity index (χ3n) is 3.44. The molecule has 0 bridgehead atoms. The van der Waals surface area contributed by atoms with Gasteiger partial charge in [-0.3, -0.25) is 0 Å². The molecule has 2 aromatic rings. The van der Waals surface area contributed by atoms with Crippen molar-refractivity contribution in [2.45, 2.75) is 13.0 Å². The SMILES string of the molecule is CC(=COCC1CO1)C(=O)Oc1ccccc1-c1ccccc1. The zero-order chi connectivity index (χ0) is 16.1. The molecule has 3 rings (SSSR count). The van der Waals surface area contributed by atoms with Crippen LogP contribution in [0.15, 0.2) is 66.4 Å². The fourth-order valence-corrected chi connectivity index (χ4v) is 2.09. The van der Waals surface area contributed by atoms with Crippen LogP contribution in [0.25, 0.3) is 11.1 Å². The molecule has 1 unspecified atom stereocenters. The molecule has 1 fully saturated rings. The largest absolute Gasteiger partial charge is 0.498 e. The molecule has 0 aromatic heterocycles. The standard InChI is InChI=1S/C19H18O4/c1-14(11-21-12-16-13-22-16)19(20)23-18-10-6-5-9-17(18)15-7-3-2-4-8-15/h2-11,16H,12-13H2,1H3. The van der Waals surface area contributed by atoms with Gasteiger partial charge in [-0.1, -0.05) is 48.5 Å². The van der Waals surface area contributed by atoms with Gasteiger partial charge >= 0.3 is 5.97 Å². The van der Waals surface area contributed by atoms with Crippen LogP contribution < -0.4 is 4.74 Å². The Morgan fingerprint density at radius 3 is 2.61 bits per heavy atom. The van der Waals surface area contributed by atoms with Crippen LogP contribution in [0.5, 0.6) is 5.75 Å². The summed E-state index contributed by atoms with van der Waals surface area (Å²) in [5.74, 6) is 0.104. The van der Waals surface area contributed by atoms with E-state index in [0.29, 0.717) is 17.9 Å². The highest BCUT2D eigenvalue weighted by atomic mass is 16.6. The number of hydrogen-bond acceptors (Lipinski definition) is 4. The highest BCUT2D eigenvalue weighted by Crippen LogP contribution is 2.30. The number of ether oxygens (including phenoxy) is 3. The molecule has 1 saturated heterocycles. The molecule has 118 valence electrons. The van der Waals surface area contributed by atoms with E-state index in [1.807, 2.05) is 48.5 Å². The second kappa shape index (κ2) is 7.11. The van der Waals surface area contributed by atoms with Gasteiger partial charge in [0.2, 0.25) is 0 Å². The van der Waals surface area contributed by atoms with Gasteiger partial charge in [0.1, 0.15) is 18.5 Å². The van der Waals surface area contributed by atoms with Gasteiger partial charge in [-0.05, 0) is 18.6 Å². The first-order chi connectivity index (χ1) is 11.2. The topological polar surface area (TPSA) is 48.1 Å². The van der Waals surface area contributed by atoms with E-state index in [1.54, 1.807) is 13.0 Å². The lowest BCUT2D eigenvalue weighted by Gasteiger charge is -2.10. The van der Waals surface area contributed by atoms with E-state index < -0.39 is 5.97 Å². The van der Waals surface area contributed by atoms with Gasteiger partial charge in [-0.2, -0.15) is 0 Å². The Hall–Kier alpha value is -2.59. The van der Waals surface area contributed by atoms with Crippen LogP contribution in [0.3, 0.4) is 0 Å². The average molecular weight is 310 g/mol. The average Bonchev–Trinajstić information content (AvgIpc) is 3.40. The lowest BCUT2D eigenvalue weighted by atomic mass is 10.1. The Morgan fingerprint density at radius 1 is 1.17 bits per heavy atom. The number of carbonyl (C=O) groups excluding carboxylic acids is 1. The second-order valence-corrected chi connectivity index (χ2v) is 5.34. The van der Waals surface area contributed by atoms with Gasteiger partial charge in [0, 0.05) is 5.56 Å². The molecule has 1 aliphatic rings. The van der Waals surface area contributed by atoms with E-state index in [4.69, 9.17) is 14.2 Å². The number of carbonyl (C=O) groups is 1. The summed E-state index contributed by atoms with van der Waals surface area (Å²) in [5.41, 5.74) is 2.29. The lowest BCUT2D eigenvalue weighted by molar-refractivity contribution is -0.130. The van der Waals surface area contributed by atoms with Crippen molar-refractivity contribution in [1.29, 1.82) is 0 Å². The van der Waals surface area contributed by atoms with E-state index in [0.717, 1.165) is 17.7 Å². The minimum Gasteiger partial charge on any atom is -0.498 e. The lowest BCUT2D eigenvalue weighted by Crippen LogP contribution is -2.10. The van der Waals surface area contributed by atoms with Crippen molar-refractivity contribution in [2.75, 3.05) is 13.2 Å². The Balaban J connectivity index is 1.70. The normalized spacial score (nSPS) is 16.7. The van der Waals surface area contributed by atoms with Crippen LogP contribution >= 0.6 is 0 Å². The van der Waals surface area contributed by atoms with Crippen molar-refractivity contribution >= 4 is 5.97 Å². The third-order valence-corrected chi connectivity index (χ3v) is 3.44. The number of benzene rings is 2. The van der Waals surface area contributed by atoms with Crippen molar-refractivity contribution < 1.29 is 19.0 Å². The zero-order valence-corrected chi connectivity index (χ0v) is 12.9. The monoisotopic (exact) mass is 310 g/mol. The minimum atomic E-state index is -0.426. The minimum absolute atomic E-state index is 0.161. The molecule has 0 N–H and O–H groups in total. The molecule has 4 heteroatoms. The Bertz CT molecular complexity index is 702. The molecular weight excluding hydrogens is 292 g/mol. The quantitative estimate of drug-likeness (QED) is 0.269. The molecule has 1 heterocycles. The molecule has 4 nitrogen and oxygen atoms in total. The van der Waals surface area contributed by atoms with E-state index in [2.05, 4.69) is 0 Å². The van der Waals surface area contributed by atoms with E-state index in [1.165, 1.54) is 6.26 Å². The predicted molar refractivity (Wildman–Crippen MR) is 87.0 cm³/mol. The van der Waals surface area contributed by atoms with Gasteiger partial charge in [-0.15, -0.1) is 0 Å². The third kappa shape index (κ3) is 4.20. The maximum absolute atomic E-state index is 12.2. The number of esters is 1. The van der Waals surface area contributed by atoms with Crippen LogP contribution in [0.1, 0.15) is 6.92 Å². The number of para-hydroxylation sites is 1.